The summed E-state index contributed by atoms with van der Waals surface area (Å²) in [5.74, 6) is 0.0293. The maximum absolute atomic E-state index is 12.9. The van der Waals surface area contributed by atoms with Crippen LogP contribution in [-0.2, 0) is 16.4 Å². The lowest BCUT2D eigenvalue weighted by Crippen LogP contribution is -2.40. The molecule has 7 heteroatoms. The minimum absolute atomic E-state index is 0.0394. The van der Waals surface area contributed by atoms with E-state index in [9.17, 15) is 13.2 Å². The van der Waals surface area contributed by atoms with Crippen molar-refractivity contribution >= 4 is 38.7 Å². The Morgan fingerprint density at radius 2 is 2.00 bits per heavy atom. The molecule has 4 nitrogen and oxygen atoms in total. The molecule has 0 aliphatic carbocycles. The Morgan fingerprint density at radius 3 is 2.57 bits per heavy atom. The largest absolute Gasteiger partial charge is 0.329 e. The number of hydrogen-bond acceptors (Lipinski definition) is 4. The number of sulfone groups is 1. The Balaban J connectivity index is 1.88. The third-order valence-corrected chi connectivity index (χ3v) is 6.77. The van der Waals surface area contributed by atoms with Gasteiger partial charge in [-0.25, -0.2) is 8.42 Å². The van der Waals surface area contributed by atoms with E-state index in [-0.39, 0.29) is 23.5 Å². The predicted molar refractivity (Wildman–Crippen MR) is 92.7 cm³/mol. The lowest BCUT2D eigenvalue weighted by atomic mass is 10.1. The predicted octanol–water partition coefficient (Wildman–Crippen LogP) is 3.23. The van der Waals surface area contributed by atoms with Gasteiger partial charge in [-0.05, 0) is 42.1 Å². The highest BCUT2D eigenvalue weighted by Crippen LogP contribution is 2.24. The molecule has 23 heavy (non-hydrogen) atoms. The van der Waals surface area contributed by atoms with E-state index < -0.39 is 9.84 Å². The van der Waals surface area contributed by atoms with Gasteiger partial charge in [-0.15, -0.1) is 11.3 Å². The molecule has 2 heterocycles. The van der Waals surface area contributed by atoms with Gasteiger partial charge in [0.2, 0.25) is 0 Å². The lowest BCUT2D eigenvalue weighted by Gasteiger charge is -2.28. The highest BCUT2D eigenvalue weighted by molar-refractivity contribution is 7.91. The van der Waals surface area contributed by atoms with Crippen molar-refractivity contribution in [2.24, 2.45) is 0 Å². The first-order chi connectivity index (χ1) is 10.9. The van der Waals surface area contributed by atoms with Crippen molar-refractivity contribution in [2.45, 2.75) is 19.0 Å². The summed E-state index contributed by atoms with van der Waals surface area (Å²) in [4.78, 5) is 15.6. The maximum Gasteiger partial charge on any atom is 0.254 e. The second-order valence-electron chi connectivity index (χ2n) is 5.58. The molecule has 2 aromatic rings. The zero-order chi connectivity index (χ0) is 16.4. The smallest absolute Gasteiger partial charge is 0.254 e. The van der Waals surface area contributed by atoms with Crippen molar-refractivity contribution in [2.75, 3.05) is 11.5 Å². The number of hydrogen-bond donors (Lipinski definition) is 0. The minimum atomic E-state index is -3.05. The van der Waals surface area contributed by atoms with Crippen LogP contribution in [0.15, 0.2) is 41.8 Å². The fourth-order valence-electron chi connectivity index (χ4n) is 2.72. The third kappa shape index (κ3) is 3.94. The Hall–Kier alpha value is -1.37. The fourth-order valence-corrected chi connectivity index (χ4v) is 5.28. The summed E-state index contributed by atoms with van der Waals surface area (Å²) in [5, 5.41) is 2.51. The van der Waals surface area contributed by atoms with Crippen LogP contribution >= 0.6 is 22.9 Å². The van der Waals surface area contributed by atoms with E-state index in [4.69, 9.17) is 11.6 Å². The number of thiophene rings is 1. The Kier molecular flexibility index (Phi) is 4.75. The minimum Gasteiger partial charge on any atom is -0.329 e. The van der Waals surface area contributed by atoms with E-state index in [0.717, 1.165) is 4.88 Å². The first-order valence-corrected chi connectivity index (χ1v) is 10.3. The van der Waals surface area contributed by atoms with Crippen molar-refractivity contribution < 1.29 is 13.2 Å². The molecule has 1 amide bonds. The lowest BCUT2D eigenvalue weighted by molar-refractivity contribution is 0.0683. The summed E-state index contributed by atoms with van der Waals surface area (Å²) in [6.45, 7) is 0.430. The van der Waals surface area contributed by atoms with Crippen LogP contribution in [0.4, 0.5) is 0 Å². The molecule has 1 fully saturated rings. The van der Waals surface area contributed by atoms with Gasteiger partial charge in [0.25, 0.3) is 5.91 Å². The standard InChI is InChI=1S/C16H16ClNO3S2/c17-13-5-3-12(4-6-13)16(19)18(10-15-2-1-8-22-15)14-7-9-23(20,21)11-14/h1-6,8,14H,7,9-11H2/t14-/m0/s1. The van der Waals surface area contributed by atoms with Crippen LogP contribution in [-0.4, -0.2) is 36.8 Å². The van der Waals surface area contributed by atoms with Gasteiger partial charge < -0.3 is 4.90 Å². The highest BCUT2D eigenvalue weighted by Gasteiger charge is 2.35. The number of carbonyl (C=O) groups is 1. The number of amides is 1. The molecule has 1 saturated heterocycles. The average molecular weight is 370 g/mol. The SMILES string of the molecule is O=C(c1ccc(Cl)cc1)N(Cc1cccs1)[C@H]1CCS(=O)(=O)C1. The second kappa shape index (κ2) is 6.63. The van der Waals surface area contributed by atoms with Crippen LogP contribution in [0.25, 0.3) is 0 Å². The topological polar surface area (TPSA) is 54.5 Å². The summed E-state index contributed by atoms with van der Waals surface area (Å²) in [5.41, 5.74) is 0.523. The van der Waals surface area contributed by atoms with Crippen molar-refractivity contribution in [3.05, 3.63) is 57.2 Å². The molecule has 1 aliphatic rings. The molecule has 0 N–H and O–H groups in total. The number of nitrogens with zero attached hydrogens (tertiary/aromatic N) is 1. The maximum atomic E-state index is 12.9. The van der Waals surface area contributed by atoms with E-state index in [0.29, 0.717) is 23.6 Å². The zero-order valence-corrected chi connectivity index (χ0v) is 14.7. The summed E-state index contributed by atoms with van der Waals surface area (Å²) in [6, 6.07) is 10.3. The first-order valence-electron chi connectivity index (χ1n) is 7.24. The van der Waals surface area contributed by atoms with Gasteiger partial charge in [-0.2, -0.15) is 0 Å². The molecular formula is C16H16ClNO3S2. The van der Waals surface area contributed by atoms with E-state index in [1.54, 1.807) is 40.5 Å². The van der Waals surface area contributed by atoms with Crippen LogP contribution in [0.5, 0.6) is 0 Å². The second-order valence-corrected chi connectivity index (χ2v) is 9.27. The quantitative estimate of drug-likeness (QED) is 0.831. The van der Waals surface area contributed by atoms with E-state index in [2.05, 4.69) is 0 Å². The molecule has 3 rings (SSSR count). The van der Waals surface area contributed by atoms with Gasteiger partial charge in [0.15, 0.2) is 9.84 Å². The summed E-state index contributed by atoms with van der Waals surface area (Å²) in [7, 11) is -3.05. The molecule has 1 aromatic carbocycles. The van der Waals surface area contributed by atoms with Gasteiger partial charge in [-0.1, -0.05) is 17.7 Å². The first kappa shape index (κ1) is 16.5. The molecular weight excluding hydrogens is 354 g/mol. The van der Waals surface area contributed by atoms with Crippen LogP contribution in [0.3, 0.4) is 0 Å². The van der Waals surface area contributed by atoms with Gasteiger partial charge in [0.1, 0.15) is 0 Å². The molecule has 0 bridgehead atoms. The van der Waals surface area contributed by atoms with Crippen molar-refractivity contribution in [3.63, 3.8) is 0 Å². The highest BCUT2D eigenvalue weighted by atomic mass is 35.5. The van der Waals surface area contributed by atoms with Crippen molar-refractivity contribution in [3.8, 4) is 0 Å². The molecule has 0 spiro atoms. The van der Waals surface area contributed by atoms with Crippen LogP contribution in [0.1, 0.15) is 21.7 Å². The fraction of sp³-hybridized carbons (Fsp3) is 0.312. The van der Waals surface area contributed by atoms with Crippen molar-refractivity contribution in [1.82, 2.24) is 4.90 Å². The molecule has 122 valence electrons. The molecule has 0 radical (unpaired) electrons. The number of carbonyl (C=O) groups excluding carboxylic acids is 1. The molecule has 1 aliphatic heterocycles. The van der Waals surface area contributed by atoms with E-state index in [1.165, 1.54) is 0 Å². The monoisotopic (exact) mass is 369 g/mol. The van der Waals surface area contributed by atoms with Gasteiger partial charge in [0, 0.05) is 21.5 Å². The number of rotatable bonds is 4. The molecule has 0 saturated carbocycles. The van der Waals surface area contributed by atoms with Gasteiger partial charge >= 0.3 is 0 Å². The van der Waals surface area contributed by atoms with Crippen LogP contribution in [0, 0.1) is 0 Å². The normalized spacial score (nSPS) is 19.6. The van der Waals surface area contributed by atoms with Crippen LogP contribution < -0.4 is 0 Å². The van der Waals surface area contributed by atoms with Gasteiger partial charge in [-0.3, -0.25) is 4.79 Å². The number of halogens is 1. The van der Waals surface area contributed by atoms with E-state index >= 15 is 0 Å². The van der Waals surface area contributed by atoms with Crippen molar-refractivity contribution in [1.29, 1.82) is 0 Å². The Bertz CT molecular complexity index is 785. The molecule has 1 aromatic heterocycles. The molecule has 1 atom stereocenters. The Labute approximate surface area is 144 Å². The van der Waals surface area contributed by atoms with Crippen LogP contribution in [0.2, 0.25) is 5.02 Å². The summed E-state index contributed by atoms with van der Waals surface area (Å²) >= 11 is 7.43. The summed E-state index contributed by atoms with van der Waals surface area (Å²) in [6.07, 6.45) is 0.493. The van der Waals surface area contributed by atoms with E-state index in [1.807, 2.05) is 17.5 Å². The summed E-state index contributed by atoms with van der Waals surface area (Å²) < 4.78 is 23.6. The Morgan fingerprint density at radius 1 is 1.26 bits per heavy atom. The zero-order valence-electron chi connectivity index (χ0n) is 12.3. The van der Waals surface area contributed by atoms with Gasteiger partial charge in [0.05, 0.1) is 18.1 Å². The number of benzene rings is 1. The molecule has 0 unspecified atom stereocenters. The average Bonchev–Trinajstić information content (AvgIpc) is 3.14. The third-order valence-electron chi connectivity index (χ3n) is 3.91.